The lowest BCUT2D eigenvalue weighted by Crippen LogP contribution is -2.35. The number of hydrogen-bond acceptors (Lipinski definition) is 0. The molecule has 0 radical (unpaired) electrons. The lowest BCUT2D eigenvalue weighted by molar-refractivity contribution is 0.732. The summed E-state index contributed by atoms with van der Waals surface area (Å²) in [5.74, 6) is 0. The first kappa shape index (κ1) is 30.8. The van der Waals surface area contributed by atoms with E-state index >= 15 is 0 Å². The van der Waals surface area contributed by atoms with Crippen molar-refractivity contribution in [2.45, 2.75) is 38.5 Å². The average Bonchev–Trinajstić information content (AvgIpc) is 3.48. The molecule has 0 amide bonds. The molecule has 0 aliphatic heterocycles. The van der Waals surface area contributed by atoms with Crippen molar-refractivity contribution >= 4 is 10.8 Å². The molecule has 10 rings (SSSR count). The number of hydrogen-bond donors (Lipinski definition) is 0. The van der Waals surface area contributed by atoms with Crippen LogP contribution in [0.15, 0.2) is 170 Å². The zero-order chi connectivity index (χ0) is 35.2. The molecule has 0 heteroatoms. The molecule has 0 bridgehead atoms. The van der Waals surface area contributed by atoms with Crippen LogP contribution in [0.1, 0.15) is 66.8 Å². The number of aryl methyl sites for hydroxylation is 4. The first-order valence-electron chi connectivity index (χ1n) is 18.5. The van der Waals surface area contributed by atoms with Crippen molar-refractivity contribution in [3.05, 3.63) is 237 Å². The van der Waals surface area contributed by atoms with Crippen molar-refractivity contribution in [3.8, 4) is 22.3 Å². The van der Waals surface area contributed by atoms with E-state index in [4.69, 9.17) is 0 Å². The Morgan fingerprint density at radius 3 is 1.17 bits per heavy atom. The summed E-state index contributed by atoms with van der Waals surface area (Å²) in [5.41, 5.74) is 19.8. The van der Waals surface area contributed by atoms with E-state index in [0.29, 0.717) is 0 Å². The van der Waals surface area contributed by atoms with Gasteiger partial charge in [0.2, 0.25) is 0 Å². The molecular weight excluding hydrogens is 625 g/mol. The second-order valence-corrected chi connectivity index (χ2v) is 15.1. The molecule has 0 atom stereocenters. The SMILES string of the molecule is Cc1ccc(C2(c3ccc(C)cc3)c3ccccc3-c3c2cc2c4c(cccc34)-c3ccccc3C2(c2ccc(C)cc2)c2ccc(C)cc2)cc1. The van der Waals surface area contributed by atoms with Gasteiger partial charge < -0.3 is 0 Å². The molecule has 0 spiro atoms. The molecule has 52 heavy (non-hydrogen) atoms. The lowest BCUT2D eigenvalue weighted by atomic mass is 9.58. The minimum absolute atomic E-state index is 0.517. The van der Waals surface area contributed by atoms with E-state index < -0.39 is 10.8 Å². The molecule has 0 unspecified atom stereocenters. The van der Waals surface area contributed by atoms with Gasteiger partial charge in [-0.3, -0.25) is 0 Å². The largest absolute Gasteiger partial charge is 0.0713 e. The minimum atomic E-state index is -0.555. The van der Waals surface area contributed by atoms with Gasteiger partial charge in [-0.2, -0.15) is 0 Å². The zero-order valence-electron chi connectivity index (χ0n) is 30.2. The zero-order valence-corrected chi connectivity index (χ0v) is 30.2. The van der Waals surface area contributed by atoms with Gasteiger partial charge in [0.15, 0.2) is 0 Å². The van der Waals surface area contributed by atoms with Crippen LogP contribution >= 0.6 is 0 Å². The van der Waals surface area contributed by atoms with Crippen LogP contribution in [0.2, 0.25) is 0 Å². The molecule has 2 aliphatic rings. The normalized spacial score (nSPS) is 14.5. The van der Waals surface area contributed by atoms with Gasteiger partial charge in [-0.15, -0.1) is 0 Å². The third-order valence-corrected chi connectivity index (χ3v) is 12.1. The smallest absolute Gasteiger partial charge is 0.0619 e. The molecule has 8 aromatic rings. The average molecular weight is 665 g/mol. The summed E-state index contributed by atoms with van der Waals surface area (Å²) in [6.45, 7) is 8.75. The van der Waals surface area contributed by atoms with E-state index in [1.54, 1.807) is 0 Å². The summed E-state index contributed by atoms with van der Waals surface area (Å²) in [7, 11) is 0. The van der Waals surface area contributed by atoms with Crippen molar-refractivity contribution in [3.63, 3.8) is 0 Å². The maximum Gasteiger partial charge on any atom is 0.0713 e. The van der Waals surface area contributed by atoms with Crippen LogP contribution in [0.5, 0.6) is 0 Å². The summed E-state index contributed by atoms with van der Waals surface area (Å²) in [5, 5.41) is 2.66. The highest BCUT2D eigenvalue weighted by molar-refractivity contribution is 6.13. The van der Waals surface area contributed by atoms with Gasteiger partial charge >= 0.3 is 0 Å². The Hall–Kier alpha value is -5.98. The van der Waals surface area contributed by atoms with Gasteiger partial charge in [-0.1, -0.05) is 192 Å². The van der Waals surface area contributed by atoms with E-state index in [2.05, 4.69) is 198 Å². The van der Waals surface area contributed by atoms with E-state index in [-0.39, 0.29) is 0 Å². The summed E-state index contributed by atoms with van der Waals surface area (Å²) in [6, 6.07) is 65.3. The molecule has 0 aromatic heterocycles. The summed E-state index contributed by atoms with van der Waals surface area (Å²) in [6.07, 6.45) is 0. The van der Waals surface area contributed by atoms with Crippen LogP contribution in [0.25, 0.3) is 33.0 Å². The van der Waals surface area contributed by atoms with E-state index in [1.807, 2.05) is 0 Å². The number of rotatable bonds is 4. The molecule has 0 fully saturated rings. The van der Waals surface area contributed by atoms with Crippen molar-refractivity contribution in [1.29, 1.82) is 0 Å². The topological polar surface area (TPSA) is 0 Å². The Labute approximate surface area is 307 Å². The van der Waals surface area contributed by atoms with E-state index in [9.17, 15) is 0 Å². The Morgan fingerprint density at radius 1 is 0.308 bits per heavy atom. The van der Waals surface area contributed by atoms with Crippen LogP contribution in [-0.2, 0) is 10.8 Å². The molecule has 8 aromatic carbocycles. The second-order valence-electron chi connectivity index (χ2n) is 15.1. The van der Waals surface area contributed by atoms with Gasteiger partial charge in [0.1, 0.15) is 0 Å². The number of benzene rings is 8. The van der Waals surface area contributed by atoms with Gasteiger partial charge in [0, 0.05) is 0 Å². The fraction of sp³-hybridized carbons (Fsp3) is 0.115. The molecule has 0 heterocycles. The Bertz CT molecular complexity index is 2580. The van der Waals surface area contributed by atoms with Gasteiger partial charge in [0.25, 0.3) is 0 Å². The highest BCUT2D eigenvalue weighted by Gasteiger charge is 2.51. The summed E-state index contributed by atoms with van der Waals surface area (Å²) in [4.78, 5) is 0. The predicted octanol–water partition coefficient (Wildman–Crippen LogP) is 12.8. The molecule has 0 N–H and O–H groups in total. The third kappa shape index (κ3) is 4.04. The van der Waals surface area contributed by atoms with Gasteiger partial charge in [0.05, 0.1) is 10.8 Å². The molecule has 0 saturated carbocycles. The summed E-state index contributed by atoms with van der Waals surface area (Å²) < 4.78 is 0. The lowest BCUT2D eigenvalue weighted by Gasteiger charge is -2.43. The first-order valence-corrected chi connectivity index (χ1v) is 18.5. The van der Waals surface area contributed by atoms with Crippen LogP contribution < -0.4 is 0 Å². The standard InChI is InChI=1S/C52H40/c1-33-16-24-37(25-17-33)51(38-26-18-34(2)19-27-38)45-14-7-5-10-41(45)42-12-9-13-44-49(42)47(51)32-48-50(44)43-11-6-8-15-46(43)52(48,39-28-20-35(3)21-29-39)40-30-22-36(4)23-31-40/h5-32H,1-4H3. The van der Waals surface area contributed by atoms with Crippen LogP contribution in [0.3, 0.4) is 0 Å². The van der Waals surface area contributed by atoms with Gasteiger partial charge in [-0.05, 0) is 105 Å². The summed E-state index contributed by atoms with van der Waals surface area (Å²) >= 11 is 0. The fourth-order valence-electron chi connectivity index (χ4n) is 9.75. The minimum Gasteiger partial charge on any atom is -0.0619 e. The highest BCUT2D eigenvalue weighted by Crippen LogP contribution is 2.63. The van der Waals surface area contributed by atoms with E-state index in [1.165, 1.54) is 99.8 Å². The molecule has 0 nitrogen and oxygen atoms in total. The molecule has 2 aliphatic carbocycles. The van der Waals surface area contributed by atoms with Crippen LogP contribution in [0, 0.1) is 27.7 Å². The molecule has 0 saturated heterocycles. The highest BCUT2D eigenvalue weighted by atomic mass is 14.5. The maximum atomic E-state index is 2.64. The quantitative estimate of drug-likeness (QED) is 0.176. The van der Waals surface area contributed by atoms with Crippen molar-refractivity contribution in [2.24, 2.45) is 0 Å². The van der Waals surface area contributed by atoms with Crippen LogP contribution in [-0.4, -0.2) is 0 Å². The second kappa shape index (κ2) is 11.3. The molecular formula is C52H40. The third-order valence-electron chi connectivity index (χ3n) is 12.1. The van der Waals surface area contributed by atoms with Crippen molar-refractivity contribution in [2.75, 3.05) is 0 Å². The number of fused-ring (bicyclic) bond motifs is 6. The predicted molar refractivity (Wildman–Crippen MR) is 218 cm³/mol. The monoisotopic (exact) mass is 664 g/mol. The fourth-order valence-corrected chi connectivity index (χ4v) is 9.75. The van der Waals surface area contributed by atoms with E-state index in [0.717, 1.165) is 0 Å². The van der Waals surface area contributed by atoms with Crippen molar-refractivity contribution < 1.29 is 0 Å². The van der Waals surface area contributed by atoms with Crippen LogP contribution in [0.4, 0.5) is 0 Å². The van der Waals surface area contributed by atoms with Gasteiger partial charge in [-0.25, -0.2) is 0 Å². The maximum absolute atomic E-state index is 2.64. The van der Waals surface area contributed by atoms with Crippen molar-refractivity contribution in [1.82, 2.24) is 0 Å². The Kier molecular flexibility index (Phi) is 6.67. The molecule has 248 valence electrons. The first-order chi connectivity index (χ1) is 25.4. The Morgan fingerprint density at radius 2 is 0.692 bits per heavy atom. The Balaban J connectivity index is 1.46.